The molecule has 1 saturated heterocycles. The highest BCUT2D eigenvalue weighted by atomic mass is 32.1. The van der Waals surface area contributed by atoms with Crippen LogP contribution < -0.4 is 15.8 Å². The summed E-state index contributed by atoms with van der Waals surface area (Å²) < 4.78 is 2.44. The number of aryl methyl sites for hydroxylation is 2. The number of nitrogens with one attached hydrogen (secondary N) is 1. The Labute approximate surface area is 202 Å². The molecule has 1 N–H and O–H groups in total. The average molecular weight is 473 g/mol. The van der Waals surface area contributed by atoms with E-state index in [-0.39, 0.29) is 17.4 Å². The fourth-order valence-corrected chi connectivity index (χ4v) is 5.22. The first-order valence-electron chi connectivity index (χ1n) is 11.6. The molecule has 174 valence electrons. The van der Waals surface area contributed by atoms with Crippen molar-refractivity contribution in [3.63, 3.8) is 0 Å². The summed E-state index contributed by atoms with van der Waals surface area (Å²) >= 11 is 1.43. The maximum Gasteiger partial charge on any atom is 0.273 e. The van der Waals surface area contributed by atoms with Gasteiger partial charge in [0.2, 0.25) is 11.9 Å². The summed E-state index contributed by atoms with van der Waals surface area (Å²) in [4.78, 5) is 33.5. The maximum absolute atomic E-state index is 13.4. The third kappa shape index (κ3) is 4.61. The molecule has 2 aromatic carbocycles. The van der Waals surface area contributed by atoms with Crippen molar-refractivity contribution in [3.05, 3.63) is 87.0 Å². The lowest BCUT2D eigenvalue weighted by atomic mass is 9.97. The molecule has 1 aliphatic heterocycles. The van der Waals surface area contributed by atoms with Crippen LogP contribution >= 0.6 is 11.3 Å². The van der Waals surface area contributed by atoms with Gasteiger partial charge >= 0.3 is 0 Å². The fraction of sp³-hybridized carbons (Fsp3) is 0.296. The quantitative estimate of drug-likeness (QED) is 0.445. The number of nitrogens with zero attached hydrogens (tertiary/aromatic N) is 3. The Bertz CT molecular complexity index is 1370. The zero-order chi connectivity index (χ0) is 23.7. The highest BCUT2D eigenvalue weighted by molar-refractivity contribution is 7.17. The summed E-state index contributed by atoms with van der Waals surface area (Å²) in [5, 5.41) is 4.96. The number of hydrogen-bond donors (Lipinski definition) is 1. The topological polar surface area (TPSA) is 67.2 Å². The van der Waals surface area contributed by atoms with E-state index in [1.165, 1.54) is 16.9 Å². The van der Waals surface area contributed by atoms with Gasteiger partial charge in [-0.05, 0) is 55.8 Å². The number of benzene rings is 2. The summed E-state index contributed by atoms with van der Waals surface area (Å²) in [5.41, 5.74) is 4.89. The Morgan fingerprint density at radius 2 is 1.76 bits per heavy atom. The first-order valence-corrected chi connectivity index (χ1v) is 12.5. The number of piperidine rings is 1. The molecular weight excluding hydrogens is 444 g/mol. The molecule has 0 aliphatic carbocycles. The van der Waals surface area contributed by atoms with Crippen molar-refractivity contribution in [1.29, 1.82) is 0 Å². The van der Waals surface area contributed by atoms with Crippen LogP contribution in [0.3, 0.4) is 0 Å². The molecule has 1 aliphatic rings. The van der Waals surface area contributed by atoms with E-state index in [1.807, 2.05) is 42.6 Å². The van der Waals surface area contributed by atoms with E-state index in [4.69, 9.17) is 4.98 Å². The predicted octanol–water partition coefficient (Wildman–Crippen LogP) is 4.98. The molecule has 34 heavy (non-hydrogen) atoms. The molecule has 0 radical (unpaired) electrons. The molecular formula is C27H28N4O2S. The van der Waals surface area contributed by atoms with Crippen molar-refractivity contribution in [3.8, 4) is 0 Å². The molecule has 4 aromatic rings. The first kappa shape index (κ1) is 22.3. The molecule has 3 heterocycles. The number of rotatable bonds is 5. The van der Waals surface area contributed by atoms with Crippen LogP contribution in [-0.2, 0) is 11.3 Å². The Balaban J connectivity index is 1.44. The minimum absolute atomic E-state index is 0.0117. The van der Waals surface area contributed by atoms with Crippen LogP contribution in [0.4, 0.5) is 11.6 Å². The molecule has 1 amide bonds. The molecule has 2 aromatic heterocycles. The minimum Gasteiger partial charge on any atom is -0.341 e. The molecule has 1 fully saturated rings. The lowest BCUT2D eigenvalue weighted by Gasteiger charge is -2.34. The second kappa shape index (κ2) is 9.43. The van der Waals surface area contributed by atoms with Crippen molar-refractivity contribution < 1.29 is 4.79 Å². The van der Waals surface area contributed by atoms with E-state index >= 15 is 0 Å². The van der Waals surface area contributed by atoms with Crippen LogP contribution in [-0.4, -0.2) is 28.5 Å². The predicted molar refractivity (Wildman–Crippen MR) is 139 cm³/mol. The summed E-state index contributed by atoms with van der Waals surface area (Å²) in [7, 11) is 0. The van der Waals surface area contributed by atoms with Gasteiger partial charge in [-0.3, -0.25) is 14.2 Å². The lowest BCUT2D eigenvalue weighted by molar-refractivity contribution is -0.120. The SMILES string of the molecule is Cc1ccc(Cn2c(N3CCCC(C(=O)Nc4ccc(C)cc4)C3)nc3ccsc3c2=O)cc1. The second-order valence-electron chi connectivity index (χ2n) is 9.06. The van der Waals surface area contributed by atoms with Crippen molar-refractivity contribution in [2.75, 3.05) is 23.3 Å². The zero-order valence-corrected chi connectivity index (χ0v) is 20.3. The van der Waals surface area contributed by atoms with Gasteiger partial charge in [0, 0.05) is 18.8 Å². The normalized spacial score (nSPS) is 16.1. The van der Waals surface area contributed by atoms with Crippen LogP contribution in [0, 0.1) is 19.8 Å². The Morgan fingerprint density at radius 1 is 1.06 bits per heavy atom. The maximum atomic E-state index is 13.4. The van der Waals surface area contributed by atoms with Crippen LogP contribution in [0.2, 0.25) is 0 Å². The highest BCUT2D eigenvalue weighted by Crippen LogP contribution is 2.26. The van der Waals surface area contributed by atoms with E-state index in [2.05, 4.69) is 41.4 Å². The number of carbonyl (C=O) groups excluding carboxylic acids is 1. The Kier molecular flexibility index (Phi) is 6.20. The minimum atomic E-state index is -0.169. The smallest absolute Gasteiger partial charge is 0.273 e. The van der Waals surface area contributed by atoms with Gasteiger partial charge in [0.05, 0.1) is 18.0 Å². The number of carbonyl (C=O) groups is 1. The number of amides is 1. The summed E-state index contributed by atoms with van der Waals surface area (Å²) in [5.74, 6) is 0.486. The van der Waals surface area contributed by atoms with Gasteiger partial charge in [-0.1, -0.05) is 47.5 Å². The largest absolute Gasteiger partial charge is 0.341 e. The zero-order valence-electron chi connectivity index (χ0n) is 19.5. The van der Waals surface area contributed by atoms with Crippen LogP contribution in [0.1, 0.15) is 29.5 Å². The van der Waals surface area contributed by atoms with Crippen molar-refractivity contribution in [2.24, 2.45) is 5.92 Å². The van der Waals surface area contributed by atoms with Crippen molar-refractivity contribution in [2.45, 2.75) is 33.2 Å². The van der Waals surface area contributed by atoms with Gasteiger partial charge in [0.15, 0.2) is 0 Å². The molecule has 0 spiro atoms. The van der Waals surface area contributed by atoms with Crippen LogP contribution in [0.25, 0.3) is 10.2 Å². The van der Waals surface area contributed by atoms with E-state index in [0.29, 0.717) is 23.7 Å². The van der Waals surface area contributed by atoms with Gasteiger partial charge in [-0.15, -0.1) is 11.3 Å². The molecule has 0 saturated carbocycles. The molecule has 1 unspecified atom stereocenters. The molecule has 0 bridgehead atoms. The molecule has 5 rings (SSSR count). The van der Waals surface area contributed by atoms with Gasteiger partial charge < -0.3 is 10.2 Å². The molecule has 6 nitrogen and oxygen atoms in total. The van der Waals surface area contributed by atoms with E-state index in [1.54, 1.807) is 4.57 Å². The van der Waals surface area contributed by atoms with E-state index < -0.39 is 0 Å². The summed E-state index contributed by atoms with van der Waals surface area (Å²) in [6, 6.07) is 18.0. The standard InChI is InChI=1S/C27H28N4O2S/c1-18-5-9-20(10-6-18)16-31-26(33)24-23(13-15-34-24)29-27(31)30-14-3-4-21(17-30)25(32)28-22-11-7-19(2)8-12-22/h5-13,15,21H,3-4,14,16-17H2,1-2H3,(H,28,32). The average Bonchev–Trinajstić information content (AvgIpc) is 3.33. The second-order valence-corrected chi connectivity index (χ2v) is 9.98. The highest BCUT2D eigenvalue weighted by Gasteiger charge is 2.29. The lowest BCUT2D eigenvalue weighted by Crippen LogP contribution is -2.43. The van der Waals surface area contributed by atoms with Gasteiger partial charge in [0.25, 0.3) is 5.56 Å². The Hall–Kier alpha value is -3.45. The first-order chi connectivity index (χ1) is 16.5. The van der Waals surface area contributed by atoms with Gasteiger partial charge in [-0.25, -0.2) is 4.98 Å². The van der Waals surface area contributed by atoms with E-state index in [9.17, 15) is 9.59 Å². The van der Waals surface area contributed by atoms with E-state index in [0.717, 1.165) is 41.7 Å². The number of hydrogen-bond acceptors (Lipinski definition) is 5. The van der Waals surface area contributed by atoms with Crippen LogP contribution in [0.15, 0.2) is 64.8 Å². The Morgan fingerprint density at radius 3 is 2.50 bits per heavy atom. The number of aromatic nitrogens is 2. The molecule has 7 heteroatoms. The summed E-state index contributed by atoms with van der Waals surface area (Å²) in [6.45, 7) is 5.83. The third-order valence-corrected chi connectivity index (χ3v) is 7.29. The fourth-order valence-electron chi connectivity index (χ4n) is 4.45. The monoisotopic (exact) mass is 472 g/mol. The van der Waals surface area contributed by atoms with Crippen molar-refractivity contribution >= 4 is 39.1 Å². The number of thiophene rings is 1. The van der Waals surface area contributed by atoms with Gasteiger partial charge in [0.1, 0.15) is 4.70 Å². The molecule has 1 atom stereocenters. The number of anilines is 2. The van der Waals surface area contributed by atoms with Gasteiger partial charge in [-0.2, -0.15) is 0 Å². The van der Waals surface area contributed by atoms with Crippen LogP contribution in [0.5, 0.6) is 0 Å². The third-order valence-electron chi connectivity index (χ3n) is 6.40. The summed E-state index contributed by atoms with van der Waals surface area (Å²) in [6.07, 6.45) is 1.69. The number of fused-ring (bicyclic) bond motifs is 1. The van der Waals surface area contributed by atoms with Crippen molar-refractivity contribution in [1.82, 2.24) is 9.55 Å².